The van der Waals surface area contributed by atoms with Gasteiger partial charge >= 0.3 is 0 Å². The van der Waals surface area contributed by atoms with Gasteiger partial charge in [0.05, 0.1) is 11.4 Å². The van der Waals surface area contributed by atoms with E-state index in [0.29, 0.717) is 37.8 Å². The number of piperazine rings is 1. The predicted octanol–water partition coefficient (Wildman–Crippen LogP) is -0.137. The molecule has 8 heteroatoms. The highest BCUT2D eigenvalue weighted by atomic mass is 32.2. The van der Waals surface area contributed by atoms with Crippen LogP contribution in [0.3, 0.4) is 0 Å². The second-order valence-corrected chi connectivity index (χ2v) is 9.21. The van der Waals surface area contributed by atoms with Crippen molar-refractivity contribution in [3.05, 3.63) is 0 Å². The maximum Gasteiger partial charge on any atom is 0.246 e. The highest BCUT2D eigenvalue weighted by molar-refractivity contribution is 8.01. The Hall–Kier alpha value is -1.28. The molecular weight excluding hydrogens is 340 g/mol. The summed E-state index contributed by atoms with van der Waals surface area (Å²) < 4.78 is 0. The molecule has 25 heavy (non-hydrogen) atoms. The van der Waals surface area contributed by atoms with E-state index in [0.717, 1.165) is 32.4 Å². The normalized spacial score (nSPS) is 32.8. The summed E-state index contributed by atoms with van der Waals surface area (Å²) in [5.41, 5.74) is 0. The van der Waals surface area contributed by atoms with Crippen LogP contribution in [0.2, 0.25) is 0 Å². The van der Waals surface area contributed by atoms with Gasteiger partial charge in [0, 0.05) is 44.4 Å². The van der Waals surface area contributed by atoms with E-state index in [4.69, 9.17) is 0 Å². The molecule has 2 atom stereocenters. The van der Waals surface area contributed by atoms with E-state index in [1.807, 2.05) is 9.80 Å². The van der Waals surface area contributed by atoms with Crippen molar-refractivity contribution >= 4 is 29.5 Å². The number of carbonyl (C=O) groups excluding carboxylic acids is 3. The Bertz CT molecular complexity index is 588. The minimum Gasteiger partial charge on any atom is -0.352 e. The molecule has 3 amide bonds. The molecule has 7 nitrogen and oxygen atoms in total. The third kappa shape index (κ3) is 3.38. The molecule has 3 aliphatic heterocycles. The minimum absolute atomic E-state index is 0.0774. The van der Waals surface area contributed by atoms with E-state index >= 15 is 0 Å². The minimum atomic E-state index is -0.310. The number of fused-ring (bicyclic) bond motifs is 1. The second kappa shape index (κ2) is 6.46. The Kier molecular flexibility index (Phi) is 4.43. The SMILES string of the molecule is CC12CCC(=O)N1C(C(=O)N1CCN(CC(=O)NC3CC3)CC1)CS2. The number of hydrogen-bond donors (Lipinski definition) is 1. The highest BCUT2D eigenvalue weighted by Crippen LogP contribution is 2.47. The van der Waals surface area contributed by atoms with Crippen LogP contribution < -0.4 is 5.32 Å². The van der Waals surface area contributed by atoms with Crippen LogP contribution in [-0.2, 0) is 14.4 Å². The average molecular weight is 366 g/mol. The first-order valence-electron chi connectivity index (χ1n) is 9.23. The van der Waals surface area contributed by atoms with E-state index in [-0.39, 0.29) is 28.6 Å². The van der Waals surface area contributed by atoms with Gasteiger partial charge in [0.2, 0.25) is 17.7 Å². The van der Waals surface area contributed by atoms with Crippen LogP contribution in [0.1, 0.15) is 32.6 Å². The molecule has 0 aromatic rings. The van der Waals surface area contributed by atoms with Crippen molar-refractivity contribution in [3.63, 3.8) is 0 Å². The molecular formula is C17H26N4O3S. The van der Waals surface area contributed by atoms with E-state index in [1.165, 1.54) is 0 Å². The molecule has 0 spiro atoms. The van der Waals surface area contributed by atoms with E-state index in [9.17, 15) is 14.4 Å². The smallest absolute Gasteiger partial charge is 0.246 e. The maximum absolute atomic E-state index is 12.9. The monoisotopic (exact) mass is 366 g/mol. The Morgan fingerprint density at radius 1 is 1.24 bits per heavy atom. The first-order chi connectivity index (χ1) is 12.0. The van der Waals surface area contributed by atoms with Gasteiger partial charge < -0.3 is 15.1 Å². The number of hydrogen-bond acceptors (Lipinski definition) is 5. The van der Waals surface area contributed by atoms with Crippen LogP contribution in [0.5, 0.6) is 0 Å². The lowest BCUT2D eigenvalue weighted by atomic mass is 10.2. The van der Waals surface area contributed by atoms with E-state index in [2.05, 4.69) is 17.1 Å². The maximum atomic E-state index is 12.9. The number of nitrogens with one attached hydrogen (secondary N) is 1. The fraction of sp³-hybridized carbons (Fsp3) is 0.824. The van der Waals surface area contributed by atoms with Gasteiger partial charge in [0.1, 0.15) is 6.04 Å². The number of carbonyl (C=O) groups is 3. The molecule has 0 bridgehead atoms. The first kappa shape index (κ1) is 17.1. The highest BCUT2D eigenvalue weighted by Gasteiger charge is 2.53. The van der Waals surface area contributed by atoms with Crippen LogP contribution in [-0.4, -0.2) is 87.9 Å². The molecule has 2 unspecified atom stereocenters. The molecule has 1 N–H and O–H groups in total. The molecule has 3 heterocycles. The third-order valence-corrected chi connectivity index (χ3v) is 7.23. The van der Waals surface area contributed by atoms with Gasteiger partial charge in [-0.15, -0.1) is 11.8 Å². The molecule has 0 aromatic heterocycles. The fourth-order valence-corrected chi connectivity index (χ4v) is 5.47. The number of amides is 3. The van der Waals surface area contributed by atoms with E-state index in [1.54, 1.807) is 11.8 Å². The van der Waals surface area contributed by atoms with Gasteiger partial charge in [-0.1, -0.05) is 0 Å². The largest absolute Gasteiger partial charge is 0.352 e. The van der Waals surface area contributed by atoms with Crippen molar-refractivity contribution in [1.82, 2.24) is 20.0 Å². The Balaban J connectivity index is 1.29. The zero-order chi connectivity index (χ0) is 17.6. The summed E-state index contributed by atoms with van der Waals surface area (Å²) in [6.07, 6.45) is 3.59. The Morgan fingerprint density at radius 2 is 1.96 bits per heavy atom. The van der Waals surface area contributed by atoms with Crippen molar-refractivity contribution < 1.29 is 14.4 Å². The lowest BCUT2D eigenvalue weighted by Crippen LogP contribution is -2.57. The summed E-state index contributed by atoms with van der Waals surface area (Å²) in [4.78, 5) is 42.7. The quantitative estimate of drug-likeness (QED) is 0.750. The van der Waals surface area contributed by atoms with Gasteiger partial charge in [0.15, 0.2) is 0 Å². The molecule has 138 valence electrons. The zero-order valence-corrected chi connectivity index (χ0v) is 15.5. The first-order valence-corrected chi connectivity index (χ1v) is 10.2. The van der Waals surface area contributed by atoms with Crippen molar-refractivity contribution in [2.24, 2.45) is 0 Å². The van der Waals surface area contributed by atoms with Gasteiger partial charge in [-0.3, -0.25) is 19.3 Å². The fourth-order valence-electron chi connectivity index (χ4n) is 4.04. The lowest BCUT2D eigenvalue weighted by Gasteiger charge is -2.37. The van der Waals surface area contributed by atoms with Crippen LogP contribution in [0, 0.1) is 0 Å². The molecule has 1 saturated carbocycles. The standard InChI is InChI=1S/C17H26N4O3S/c1-17-5-4-15(23)21(17)13(11-25-17)16(24)20-8-6-19(7-9-20)10-14(22)18-12-2-3-12/h12-13H,2-11H2,1H3,(H,18,22). The van der Waals surface area contributed by atoms with Crippen LogP contribution >= 0.6 is 11.8 Å². The number of rotatable bonds is 4. The van der Waals surface area contributed by atoms with Gasteiger partial charge in [0.25, 0.3) is 0 Å². The predicted molar refractivity (Wildman–Crippen MR) is 94.9 cm³/mol. The Labute approximate surface area is 152 Å². The van der Waals surface area contributed by atoms with Crippen molar-refractivity contribution in [2.75, 3.05) is 38.5 Å². The van der Waals surface area contributed by atoms with Crippen LogP contribution in [0.4, 0.5) is 0 Å². The molecule has 1 aliphatic carbocycles. The summed E-state index contributed by atoms with van der Waals surface area (Å²) in [5, 5.41) is 3.01. The topological polar surface area (TPSA) is 73.0 Å². The van der Waals surface area contributed by atoms with Gasteiger partial charge in [-0.2, -0.15) is 0 Å². The summed E-state index contributed by atoms with van der Waals surface area (Å²) in [6.45, 7) is 5.20. The third-order valence-electron chi connectivity index (χ3n) is 5.72. The molecule has 0 aromatic carbocycles. The number of thioether (sulfide) groups is 1. The van der Waals surface area contributed by atoms with Crippen molar-refractivity contribution in [3.8, 4) is 0 Å². The van der Waals surface area contributed by atoms with Gasteiger partial charge in [-0.05, 0) is 26.2 Å². The van der Waals surface area contributed by atoms with Gasteiger partial charge in [-0.25, -0.2) is 0 Å². The average Bonchev–Trinajstić information content (AvgIpc) is 3.25. The summed E-state index contributed by atoms with van der Waals surface area (Å²) >= 11 is 1.73. The molecule has 3 saturated heterocycles. The summed E-state index contributed by atoms with van der Waals surface area (Å²) in [6, 6.07) is 0.0808. The van der Waals surface area contributed by atoms with Crippen molar-refractivity contribution in [1.29, 1.82) is 0 Å². The van der Waals surface area contributed by atoms with Crippen molar-refractivity contribution in [2.45, 2.75) is 49.6 Å². The Morgan fingerprint density at radius 3 is 2.64 bits per heavy atom. The number of nitrogens with zero attached hydrogens (tertiary/aromatic N) is 3. The summed E-state index contributed by atoms with van der Waals surface area (Å²) in [5.74, 6) is 0.980. The summed E-state index contributed by atoms with van der Waals surface area (Å²) in [7, 11) is 0. The molecule has 4 aliphatic rings. The second-order valence-electron chi connectivity index (χ2n) is 7.71. The molecule has 4 rings (SSSR count). The van der Waals surface area contributed by atoms with Crippen LogP contribution in [0.25, 0.3) is 0 Å². The molecule has 4 fully saturated rings. The zero-order valence-electron chi connectivity index (χ0n) is 14.7. The molecule has 0 radical (unpaired) electrons. The van der Waals surface area contributed by atoms with Crippen LogP contribution in [0.15, 0.2) is 0 Å². The van der Waals surface area contributed by atoms with E-state index < -0.39 is 0 Å². The lowest BCUT2D eigenvalue weighted by molar-refractivity contribution is -0.145.